The van der Waals surface area contributed by atoms with E-state index in [4.69, 9.17) is 0 Å². The number of hydrogen-bond donors (Lipinski definition) is 3. The Morgan fingerprint density at radius 3 is 2.52 bits per heavy atom. The van der Waals surface area contributed by atoms with E-state index < -0.39 is 5.97 Å². The number of carbonyl (C=O) groups is 2. The van der Waals surface area contributed by atoms with Crippen LogP contribution in [0.3, 0.4) is 0 Å². The van der Waals surface area contributed by atoms with Gasteiger partial charge in [0.2, 0.25) is 0 Å². The predicted octanol–water partition coefficient (Wildman–Crippen LogP) is 3.00. The molecule has 0 aromatic heterocycles. The van der Waals surface area contributed by atoms with Gasteiger partial charge in [-0.25, -0.2) is 4.79 Å². The molecule has 0 saturated heterocycles. The van der Waals surface area contributed by atoms with Crippen molar-refractivity contribution < 1.29 is 14.7 Å². The summed E-state index contributed by atoms with van der Waals surface area (Å²) in [6, 6.07) is -0.0397. The standard InChI is InChI=1S/C16H30N2O3/c1-4-11(2)9-12(3)18-16(21)17-10-13-7-5-6-8-14(13)15(19)20/h11-14H,4-10H2,1-3H3,(H,19,20)(H2,17,18,21). The monoisotopic (exact) mass is 298 g/mol. The molecule has 4 atom stereocenters. The van der Waals surface area contributed by atoms with Crippen LogP contribution in [0.4, 0.5) is 4.79 Å². The smallest absolute Gasteiger partial charge is 0.315 e. The fourth-order valence-corrected chi connectivity index (χ4v) is 3.10. The van der Waals surface area contributed by atoms with Crippen molar-refractivity contribution in [3.8, 4) is 0 Å². The molecule has 0 aliphatic heterocycles. The number of carboxylic acids is 1. The van der Waals surface area contributed by atoms with Crippen LogP contribution in [-0.4, -0.2) is 29.7 Å². The highest BCUT2D eigenvalue weighted by atomic mass is 16.4. The number of rotatable bonds is 7. The van der Waals surface area contributed by atoms with Crippen LogP contribution < -0.4 is 10.6 Å². The van der Waals surface area contributed by atoms with Gasteiger partial charge in [-0.3, -0.25) is 4.79 Å². The third kappa shape index (κ3) is 6.36. The van der Waals surface area contributed by atoms with Crippen LogP contribution in [0, 0.1) is 17.8 Å². The summed E-state index contributed by atoms with van der Waals surface area (Å²) in [7, 11) is 0. The van der Waals surface area contributed by atoms with Gasteiger partial charge in [0, 0.05) is 12.6 Å². The van der Waals surface area contributed by atoms with E-state index in [1.54, 1.807) is 0 Å². The fraction of sp³-hybridized carbons (Fsp3) is 0.875. The number of carbonyl (C=O) groups excluding carboxylic acids is 1. The maximum absolute atomic E-state index is 11.9. The van der Waals surface area contributed by atoms with E-state index in [1.165, 1.54) is 0 Å². The third-order valence-corrected chi connectivity index (χ3v) is 4.58. The average molecular weight is 298 g/mol. The normalized spacial score (nSPS) is 24.9. The summed E-state index contributed by atoms with van der Waals surface area (Å²) in [6.07, 6.45) is 5.72. The van der Waals surface area contributed by atoms with Gasteiger partial charge < -0.3 is 15.7 Å². The first-order valence-electron chi connectivity index (χ1n) is 8.21. The molecule has 2 amide bonds. The highest BCUT2D eigenvalue weighted by molar-refractivity contribution is 5.74. The molecule has 0 radical (unpaired) electrons. The Morgan fingerprint density at radius 1 is 1.24 bits per heavy atom. The predicted molar refractivity (Wildman–Crippen MR) is 83.2 cm³/mol. The summed E-state index contributed by atoms with van der Waals surface area (Å²) in [6.45, 7) is 6.79. The first kappa shape index (κ1) is 17.8. The van der Waals surface area contributed by atoms with E-state index in [0.29, 0.717) is 12.5 Å². The third-order valence-electron chi connectivity index (χ3n) is 4.58. The van der Waals surface area contributed by atoms with E-state index in [0.717, 1.165) is 38.5 Å². The van der Waals surface area contributed by atoms with Crippen molar-refractivity contribution in [2.45, 2.75) is 65.3 Å². The molecule has 1 fully saturated rings. The summed E-state index contributed by atoms with van der Waals surface area (Å²) >= 11 is 0. The summed E-state index contributed by atoms with van der Waals surface area (Å²) < 4.78 is 0. The maximum Gasteiger partial charge on any atom is 0.315 e. The molecule has 5 heteroatoms. The number of nitrogens with one attached hydrogen (secondary N) is 2. The second-order valence-corrected chi connectivity index (χ2v) is 6.49. The molecular weight excluding hydrogens is 268 g/mol. The topological polar surface area (TPSA) is 78.4 Å². The molecule has 4 unspecified atom stereocenters. The Labute approximate surface area is 127 Å². The number of hydrogen-bond acceptors (Lipinski definition) is 2. The molecular formula is C16H30N2O3. The second kappa shape index (κ2) is 8.90. The molecule has 0 heterocycles. The fourth-order valence-electron chi connectivity index (χ4n) is 3.10. The summed E-state index contributed by atoms with van der Waals surface area (Å²) in [5.41, 5.74) is 0. The lowest BCUT2D eigenvalue weighted by Gasteiger charge is -2.28. The number of carboxylic acid groups (broad SMARTS) is 1. The highest BCUT2D eigenvalue weighted by Gasteiger charge is 2.30. The Hall–Kier alpha value is -1.26. The maximum atomic E-state index is 11.9. The average Bonchev–Trinajstić information content (AvgIpc) is 2.44. The van der Waals surface area contributed by atoms with E-state index in [-0.39, 0.29) is 23.9 Å². The number of urea groups is 1. The van der Waals surface area contributed by atoms with Crippen LogP contribution in [0.5, 0.6) is 0 Å². The quantitative estimate of drug-likeness (QED) is 0.676. The van der Waals surface area contributed by atoms with Crippen molar-refractivity contribution in [3.05, 3.63) is 0 Å². The molecule has 1 saturated carbocycles. The van der Waals surface area contributed by atoms with E-state index in [9.17, 15) is 14.7 Å². The van der Waals surface area contributed by atoms with E-state index in [1.807, 2.05) is 6.92 Å². The van der Waals surface area contributed by atoms with Crippen LogP contribution in [0.15, 0.2) is 0 Å². The number of aliphatic carboxylic acids is 1. The minimum Gasteiger partial charge on any atom is -0.481 e. The van der Waals surface area contributed by atoms with Gasteiger partial charge in [0.25, 0.3) is 0 Å². The lowest BCUT2D eigenvalue weighted by atomic mass is 9.79. The summed E-state index contributed by atoms with van der Waals surface area (Å²) in [5, 5.41) is 15.0. The van der Waals surface area contributed by atoms with Crippen LogP contribution in [-0.2, 0) is 4.79 Å². The van der Waals surface area contributed by atoms with E-state index in [2.05, 4.69) is 24.5 Å². The van der Waals surface area contributed by atoms with Crippen molar-refractivity contribution in [2.75, 3.05) is 6.54 Å². The Balaban J connectivity index is 2.32. The molecule has 5 nitrogen and oxygen atoms in total. The van der Waals surface area contributed by atoms with Crippen molar-refractivity contribution in [2.24, 2.45) is 17.8 Å². The Bertz CT molecular complexity index is 346. The molecule has 0 spiro atoms. The van der Waals surface area contributed by atoms with Crippen molar-refractivity contribution in [1.29, 1.82) is 0 Å². The van der Waals surface area contributed by atoms with Crippen molar-refractivity contribution in [3.63, 3.8) is 0 Å². The van der Waals surface area contributed by atoms with Gasteiger partial charge in [0.15, 0.2) is 0 Å². The molecule has 0 bridgehead atoms. The Kier molecular flexibility index (Phi) is 7.54. The lowest BCUT2D eigenvalue weighted by Crippen LogP contribution is -2.45. The summed E-state index contributed by atoms with van der Waals surface area (Å²) in [5.74, 6) is -0.384. The molecule has 0 aromatic rings. The van der Waals surface area contributed by atoms with Crippen molar-refractivity contribution >= 4 is 12.0 Å². The van der Waals surface area contributed by atoms with Crippen LogP contribution in [0.1, 0.15) is 59.3 Å². The minimum atomic E-state index is -0.730. The molecule has 21 heavy (non-hydrogen) atoms. The van der Waals surface area contributed by atoms with Gasteiger partial charge in [-0.1, -0.05) is 33.1 Å². The van der Waals surface area contributed by atoms with Gasteiger partial charge >= 0.3 is 12.0 Å². The molecule has 1 aliphatic carbocycles. The molecule has 1 rings (SSSR count). The lowest BCUT2D eigenvalue weighted by molar-refractivity contribution is -0.144. The van der Waals surface area contributed by atoms with Crippen molar-refractivity contribution in [1.82, 2.24) is 10.6 Å². The van der Waals surface area contributed by atoms with Gasteiger partial charge in [-0.05, 0) is 38.0 Å². The first-order valence-corrected chi connectivity index (χ1v) is 8.21. The highest BCUT2D eigenvalue weighted by Crippen LogP contribution is 2.29. The van der Waals surface area contributed by atoms with Gasteiger partial charge in [0.05, 0.1) is 5.92 Å². The Morgan fingerprint density at radius 2 is 1.90 bits per heavy atom. The zero-order chi connectivity index (χ0) is 15.8. The van der Waals surface area contributed by atoms with Gasteiger partial charge in [-0.2, -0.15) is 0 Å². The summed E-state index contributed by atoms with van der Waals surface area (Å²) in [4.78, 5) is 23.1. The first-order chi connectivity index (χ1) is 9.93. The van der Waals surface area contributed by atoms with Crippen LogP contribution >= 0.6 is 0 Å². The SMILES string of the molecule is CCC(C)CC(C)NC(=O)NCC1CCCCC1C(=O)O. The zero-order valence-electron chi connectivity index (χ0n) is 13.5. The second-order valence-electron chi connectivity index (χ2n) is 6.49. The molecule has 0 aromatic carbocycles. The minimum absolute atomic E-state index is 0.0619. The van der Waals surface area contributed by atoms with Crippen LogP contribution in [0.25, 0.3) is 0 Å². The van der Waals surface area contributed by atoms with Crippen LogP contribution in [0.2, 0.25) is 0 Å². The molecule has 1 aliphatic rings. The molecule has 3 N–H and O–H groups in total. The van der Waals surface area contributed by atoms with Gasteiger partial charge in [-0.15, -0.1) is 0 Å². The zero-order valence-corrected chi connectivity index (χ0v) is 13.5. The van der Waals surface area contributed by atoms with E-state index >= 15 is 0 Å². The number of amides is 2. The largest absolute Gasteiger partial charge is 0.481 e. The molecule has 122 valence electrons. The van der Waals surface area contributed by atoms with Gasteiger partial charge in [0.1, 0.15) is 0 Å².